The Hall–Kier alpha value is -1.74. The van der Waals surface area contributed by atoms with Crippen LogP contribution in [0.3, 0.4) is 0 Å². The van der Waals surface area contributed by atoms with Crippen molar-refractivity contribution in [2.24, 2.45) is 4.99 Å². The van der Waals surface area contributed by atoms with Crippen molar-refractivity contribution in [1.29, 1.82) is 0 Å². The number of aliphatic imine (C=N–C) groups is 1. The third-order valence-corrected chi connectivity index (χ3v) is 2.15. The lowest BCUT2D eigenvalue weighted by Crippen LogP contribution is -2.07. The lowest BCUT2D eigenvalue weighted by atomic mass is 10.0. The van der Waals surface area contributed by atoms with Crippen LogP contribution in [0.25, 0.3) is 0 Å². The largest absolute Gasteiger partial charge is 0.434 e. The van der Waals surface area contributed by atoms with Gasteiger partial charge in [0.05, 0.1) is 6.04 Å². The molecule has 3 nitrogen and oxygen atoms in total. The normalized spacial score (nSPS) is 12.1. The molecule has 1 aromatic carbocycles. The van der Waals surface area contributed by atoms with E-state index < -0.39 is 12.7 Å². The molecule has 0 aliphatic carbocycles. The quantitative estimate of drug-likeness (QED) is 0.585. The summed E-state index contributed by atoms with van der Waals surface area (Å²) in [6.45, 7) is 0.364. The van der Waals surface area contributed by atoms with Crippen LogP contribution >= 0.6 is 0 Å². The van der Waals surface area contributed by atoms with E-state index in [0.717, 1.165) is 0 Å². The van der Waals surface area contributed by atoms with E-state index >= 15 is 0 Å². The van der Waals surface area contributed by atoms with Gasteiger partial charge in [0.2, 0.25) is 6.08 Å². The molecule has 0 heterocycles. The van der Waals surface area contributed by atoms with Crippen LogP contribution < -0.4 is 4.74 Å². The number of rotatable bonds is 4. The van der Waals surface area contributed by atoms with E-state index in [0.29, 0.717) is 11.1 Å². The predicted molar refractivity (Wildman–Crippen MR) is 54.3 cm³/mol. The molecule has 0 amide bonds. The van der Waals surface area contributed by atoms with Gasteiger partial charge in [-0.15, -0.1) is 0 Å². The summed E-state index contributed by atoms with van der Waals surface area (Å²) >= 11 is 0. The minimum absolute atomic E-state index is 0.0731. The minimum Gasteiger partial charge on any atom is -0.434 e. The third kappa shape index (κ3) is 2.87. The molecule has 0 fully saturated rings. The van der Waals surface area contributed by atoms with Crippen LogP contribution in [0.2, 0.25) is 0 Å². The van der Waals surface area contributed by atoms with Gasteiger partial charge in [-0.3, -0.25) is 0 Å². The number of hydrogen-bond donors (Lipinski definition) is 0. The number of hydrogen-bond acceptors (Lipinski definition) is 3. The van der Waals surface area contributed by atoms with Gasteiger partial charge in [0.1, 0.15) is 5.75 Å². The van der Waals surface area contributed by atoms with E-state index in [1.54, 1.807) is 32.0 Å². The Balaban J connectivity index is 3.16. The monoisotopic (exact) mass is 227 g/mol. The average molecular weight is 227 g/mol. The topological polar surface area (TPSA) is 38.7 Å². The molecule has 0 bridgehead atoms. The van der Waals surface area contributed by atoms with Crippen molar-refractivity contribution in [1.82, 2.24) is 0 Å². The zero-order valence-electron chi connectivity index (χ0n) is 8.91. The van der Waals surface area contributed by atoms with Crippen molar-refractivity contribution in [3.63, 3.8) is 0 Å². The number of nitrogens with zero attached hydrogens (tertiary/aromatic N) is 1. The number of aryl methyl sites for hydroxylation is 1. The van der Waals surface area contributed by atoms with Crippen molar-refractivity contribution in [3.8, 4) is 5.75 Å². The molecule has 1 rings (SSSR count). The van der Waals surface area contributed by atoms with Gasteiger partial charge in [-0.1, -0.05) is 18.2 Å². The number of para-hydroxylation sites is 1. The number of halogens is 2. The Morgan fingerprint density at radius 2 is 2.12 bits per heavy atom. The summed E-state index contributed by atoms with van der Waals surface area (Å²) in [5.74, 6) is 0.0731. The zero-order chi connectivity index (χ0) is 12.1. The lowest BCUT2D eigenvalue weighted by molar-refractivity contribution is -0.0510. The molecule has 1 atom stereocenters. The third-order valence-electron chi connectivity index (χ3n) is 2.15. The van der Waals surface area contributed by atoms with E-state index in [1.807, 2.05) is 0 Å². The summed E-state index contributed by atoms with van der Waals surface area (Å²) < 4.78 is 28.8. The highest BCUT2D eigenvalue weighted by Crippen LogP contribution is 2.31. The highest BCUT2D eigenvalue weighted by Gasteiger charge is 2.16. The van der Waals surface area contributed by atoms with Crippen LogP contribution in [0.15, 0.2) is 23.2 Å². The molecule has 1 unspecified atom stereocenters. The lowest BCUT2D eigenvalue weighted by Gasteiger charge is -2.14. The van der Waals surface area contributed by atoms with Gasteiger partial charge < -0.3 is 4.74 Å². The smallest absolute Gasteiger partial charge is 0.387 e. The molecule has 16 heavy (non-hydrogen) atoms. The second-order valence-corrected chi connectivity index (χ2v) is 3.27. The molecule has 0 saturated carbocycles. The summed E-state index contributed by atoms with van der Waals surface area (Å²) in [6, 6.07) is 4.39. The van der Waals surface area contributed by atoms with E-state index in [4.69, 9.17) is 0 Å². The first-order chi connectivity index (χ1) is 7.56. The fourth-order valence-electron chi connectivity index (χ4n) is 1.40. The molecule has 0 aromatic heterocycles. The maximum absolute atomic E-state index is 12.2. The molecule has 0 radical (unpaired) electrons. The van der Waals surface area contributed by atoms with Crippen molar-refractivity contribution in [3.05, 3.63) is 29.3 Å². The molecule has 0 spiro atoms. The second-order valence-electron chi connectivity index (χ2n) is 3.27. The summed E-state index contributed by atoms with van der Waals surface area (Å²) in [5.41, 5.74) is 1.02. The summed E-state index contributed by atoms with van der Waals surface area (Å²) in [7, 11) is 0. The van der Waals surface area contributed by atoms with Gasteiger partial charge in [0.25, 0.3) is 0 Å². The maximum Gasteiger partial charge on any atom is 0.387 e. The second kappa shape index (κ2) is 5.37. The standard InChI is InChI=1S/C11H11F2NO2/c1-7-4-3-5-9(8(2)14-6-15)10(7)16-11(12)13/h3-5,8,11H,1-2H3. The van der Waals surface area contributed by atoms with Crippen molar-refractivity contribution < 1.29 is 18.3 Å². The van der Waals surface area contributed by atoms with Crippen molar-refractivity contribution in [2.75, 3.05) is 0 Å². The predicted octanol–water partition coefficient (Wildman–Crippen LogP) is 2.99. The number of benzene rings is 1. The molecule has 0 saturated heterocycles. The molecule has 86 valence electrons. The van der Waals surface area contributed by atoms with Gasteiger partial charge in [-0.2, -0.15) is 13.8 Å². The first-order valence-corrected chi connectivity index (χ1v) is 4.67. The van der Waals surface area contributed by atoms with Crippen LogP contribution in [0.5, 0.6) is 5.75 Å². The zero-order valence-corrected chi connectivity index (χ0v) is 8.91. The number of carbonyl (C=O) groups excluding carboxylic acids is 1. The number of ether oxygens (including phenoxy) is 1. The fourth-order valence-corrected chi connectivity index (χ4v) is 1.40. The van der Waals surface area contributed by atoms with Gasteiger partial charge in [0.15, 0.2) is 0 Å². The first kappa shape index (κ1) is 12.3. The van der Waals surface area contributed by atoms with E-state index in [-0.39, 0.29) is 5.75 Å². The Labute approximate surface area is 91.8 Å². The van der Waals surface area contributed by atoms with Crippen LogP contribution in [-0.2, 0) is 4.79 Å². The molecular weight excluding hydrogens is 216 g/mol. The van der Waals surface area contributed by atoms with Gasteiger partial charge >= 0.3 is 6.61 Å². The molecule has 0 aliphatic heterocycles. The number of isocyanates is 1. The molecule has 5 heteroatoms. The van der Waals surface area contributed by atoms with Crippen LogP contribution in [0.1, 0.15) is 24.1 Å². The Bertz CT molecular complexity index is 414. The molecule has 0 aliphatic rings. The maximum atomic E-state index is 12.2. The van der Waals surface area contributed by atoms with Gasteiger partial charge in [0, 0.05) is 5.56 Å². The van der Waals surface area contributed by atoms with Crippen molar-refractivity contribution in [2.45, 2.75) is 26.5 Å². The summed E-state index contributed by atoms with van der Waals surface area (Å²) in [6.07, 6.45) is 1.40. The first-order valence-electron chi connectivity index (χ1n) is 4.67. The fraction of sp³-hybridized carbons (Fsp3) is 0.364. The van der Waals surface area contributed by atoms with Gasteiger partial charge in [-0.25, -0.2) is 4.79 Å². The molecule has 1 aromatic rings. The number of alkyl halides is 2. The van der Waals surface area contributed by atoms with E-state index in [9.17, 15) is 13.6 Å². The Kier molecular flexibility index (Phi) is 4.14. The SMILES string of the molecule is Cc1cccc(C(C)N=C=O)c1OC(F)F. The van der Waals surface area contributed by atoms with Crippen LogP contribution in [-0.4, -0.2) is 12.7 Å². The van der Waals surface area contributed by atoms with Crippen molar-refractivity contribution >= 4 is 6.08 Å². The Morgan fingerprint density at radius 1 is 1.44 bits per heavy atom. The van der Waals surface area contributed by atoms with E-state index in [1.165, 1.54) is 6.08 Å². The molecular formula is C11H11F2NO2. The summed E-state index contributed by atoms with van der Waals surface area (Å²) in [4.78, 5) is 13.6. The van der Waals surface area contributed by atoms with Crippen LogP contribution in [0, 0.1) is 6.92 Å². The highest BCUT2D eigenvalue weighted by atomic mass is 19.3. The average Bonchev–Trinajstić information content (AvgIpc) is 2.20. The van der Waals surface area contributed by atoms with Gasteiger partial charge in [-0.05, 0) is 19.4 Å². The highest BCUT2D eigenvalue weighted by molar-refractivity contribution is 5.44. The summed E-state index contributed by atoms with van der Waals surface area (Å²) in [5, 5.41) is 0. The van der Waals surface area contributed by atoms with Crippen LogP contribution in [0.4, 0.5) is 8.78 Å². The Morgan fingerprint density at radius 3 is 2.69 bits per heavy atom. The minimum atomic E-state index is -2.90. The molecule has 0 N–H and O–H groups in total. The van der Waals surface area contributed by atoms with E-state index in [2.05, 4.69) is 9.73 Å².